The van der Waals surface area contributed by atoms with Crippen LogP contribution < -0.4 is 10.2 Å². The van der Waals surface area contributed by atoms with Crippen molar-refractivity contribution in [3.63, 3.8) is 0 Å². The minimum atomic E-state index is -0.739. The van der Waals surface area contributed by atoms with Gasteiger partial charge in [-0.3, -0.25) is 0 Å². The van der Waals surface area contributed by atoms with Gasteiger partial charge in [-0.2, -0.15) is 5.26 Å². The molecule has 0 aromatic carbocycles. The molecule has 0 radical (unpaired) electrons. The molecule has 1 heterocycles. The van der Waals surface area contributed by atoms with Crippen molar-refractivity contribution in [2.45, 2.75) is 6.42 Å². The lowest BCUT2D eigenvalue weighted by Gasteiger charge is -2.18. The van der Waals surface area contributed by atoms with E-state index in [0.29, 0.717) is 6.54 Å². The normalized spacial score (nSPS) is 9.69. The Morgan fingerprint density at radius 2 is 2.19 bits per heavy atom. The summed E-state index contributed by atoms with van der Waals surface area (Å²) >= 11 is 0. The molecule has 0 amide bonds. The van der Waals surface area contributed by atoms with Gasteiger partial charge in [0.15, 0.2) is 23.3 Å². The largest absolute Gasteiger partial charge is 0.371 e. The first kappa shape index (κ1) is 12.2. The molecule has 0 spiro atoms. The van der Waals surface area contributed by atoms with Gasteiger partial charge in [-0.25, -0.2) is 13.8 Å². The van der Waals surface area contributed by atoms with Crippen molar-refractivity contribution in [1.29, 1.82) is 5.26 Å². The van der Waals surface area contributed by atoms with Crippen LogP contribution in [-0.2, 0) is 0 Å². The van der Waals surface area contributed by atoms with Crippen LogP contribution in [0.2, 0.25) is 0 Å². The fourth-order valence-corrected chi connectivity index (χ4v) is 1.22. The first-order valence-electron chi connectivity index (χ1n) is 4.72. The number of nitrogens with zero attached hydrogens (tertiary/aromatic N) is 3. The lowest BCUT2D eigenvalue weighted by molar-refractivity contribution is 0.573. The van der Waals surface area contributed by atoms with Crippen LogP contribution in [0.3, 0.4) is 0 Å². The number of halogens is 2. The Morgan fingerprint density at radius 1 is 1.50 bits per heavy atom. The molecule has 0 saturated heterocycles. The van der Waals surface area contributed by atoms with E-state index in [9.17, 15) is 8.78 Å². The number of rotatable bonds is 4. The van der Waals surface area contributed by atoms with E-state index in [0.717, 1.165) is 6.07 Å². The number of hydrogen-bond acceptors (Lipinski definition) is 4. The van der Waals surface area contributed by atoms with Crippen LogP contribution in [-0.4, -0.2) is 25.6 Å². The molecular formula is C10H12F2N4. The maximum atomic E-state index is 13.4. The quantitative estimate of drug-likeness (QED) is 0.849. The zero-order chi connectivity index (χ0) is 12.1. The molecule has 16 heavy (non-hydrogen) atoms. The summed E-state index contributed by atoms with van der Waals surface area (Å²) in [5.74, 6) is -1.46. The summed E-state index contributed by atoms with van der Waals surface area (Å²) in [5, 5.41) is 10.9. The maximum absolute atomic E-state index is 13.4. The van der Waals surface area contributed by atoms with Crippen LogP contribution in [0.15, 0.2) is 6.07 Å². The van der Waals surface area contributed by atoms with Gasteiger partial charge in [0.1, 0.15) is 0 Å². The Kier molecular flexibility index (Phi) is 4.00. The predicted molar refractivity (Wildman–Crippen MR) is 57.2 cm³/mol. The third-order valence-corrected chi connectivity index (χ3v) is 2.07. The highest BCUT2D eigenvalue weighted by molar-refractivity contribution is 5.48. The van der Waals surface area contributed by atoms with Gasteiger partial charge in [-0.1, -0.05) is 0 Å². The van der Waals surface area contributed by atoms with Crippen LogP contribution in [0.5, 0.6) is 0 Å². The average molecular weight is 226 g/mol. The van der Waals surface area contributed by atoms with E-state index >= 15 is 0 Å². The molecule has 1 aromatic rings. The van der Waals surface area contributed by atoms with Crippen LogP contribution in [0, 0.1) is 23.0 Å². The highest BCUT2D eigenvalue weighted by Crippen LogP contribution is 2.21. The van der Waals surface area contributed by atoms with Crippen molar-refractivity contribution in [2.24, 2.45) is 0 Å². The Morgan fingerprint density at radius 3 is 2.75 bits per heavy atom. The summed E-state index contributed by atoms with van der Waals surface area (Å²) in [6, 6.07) is 2.72. The monoisotopic (exact) mass is 226 g/mol. The minimum Gasteiger partial charge on any atom is -0.371 e. The van der Waals surface area contributed by atoms with Gasteiger partial charge >= 0.3 is 0 Å². The third-order valence-electron chi connectivity index (χ3n) is 2.07. The highest BCUT2D eigenvalue weighted by atomic mass is 19.1. The van der Waals surface area contributed by atoms with Gasteiger partial charge < -0.3 is 10.2 Å². The SMILES string of the molecule is CNc1nc(N(C)CCC#N)c(F)cc1F. The van der Waals surface area contributed by atoms with Crippen molar-refractivity contribution >= 4 is 11.6 Å². The summed E-state index contributed by atoms with van der Waals surface area (Å²) in [5.41, 5.74) is 0. The van der Waals surface area contributed by atoms with Gasteiger partial charge in [0.05, 0.1) is 12.5 Å². The standard InChI is InChI=1S/C10H12F2N4/c1-14-9-7(11)6-8(12)10(15-9)16(2)5-3-4-13/h6H,3,5H2,1-2H3,(H,14,15). The molecular weight excluding hydrogens is 214 g/mol. The topological polar surface area (TPSA) is 52.0 Å². The first-order chi connectivity index (χ1) is 7.60. The Bertz CT molecular complexity index is 414. The molecule has 0 aliphatic carbocycles. The fourth-order valence-electron chi connectivity index (χ4n) is 1.22. The summed E-state index contributed by atoms with van der Waals surface area (Å²) in [6.07, 6.45) is 0.254. The van der Waals surface area contributed by atoms with Crippen molar-refractivity contribution in [2.75, 3.05) is 30.9 Å². The molecule has 0 aliphatic rings. The number of hydrogen-bond donors (Lipinski definition) is 1. The van der Waals surface area contributed by atoms with E-state index in [1.54, 1.807) is 7.05 Å². The van der Waals surface area contributed by atoms with E-state index in [2.05, 4.69) is 10.3 Å². The molecule has 86 valence electrons. The Balaban J connectivity index is 2.99. The smallest absolute Gasteiger partial charge is 0.168 e. The molecule has 0 saturated carbocycles. The number of nitriles is 1. The van der Waals surface area contributed by atoms with E-state index in [1.165, 1.54) is 11.9 Å². The van der Waals surface area contributed by atoms with Gasteiger partial charge in [0.2, 0.25) is 0 Å². The lowest BCUT2D eigenvalue weighted by Crippen LogP contribution is -2.21. The predicted octanol–water partition coefficient (Wildman–Crippen LogP) is 1.75. The maximum Gasteiger partial charge on any atom is 0.168 e. The van der Waals surface area contributed by atoms with Gasteiger partial charge in [-0.05, 0) is 0 Å². The van der Waals surface area contributed by atoms with E-state index in [4.69, 9.17) is 5.26 Å². The van der Waals surface area contributed by atoms with Crippen molar-refractivity contribution in [1.82, 2.24) is 4.98 Å². The summed E-state index contributed by atoms with van der Waals surface area (Å²) in [7, 11) is 3.10. The van der Waals surface area contributed by atoms with Crippen LogP contribution in [0.4, 0.5) is 20.4 Å². The molecule has 1 aromatic heterocycles. The number of aromatic nitrogens is 1. The van der Waals surface area contributed by atoms with Crippen molar-refractivity contribution in [3.05, 3.63) is 17.7 Å². The van der Waals surface area contributed by atoms with Gasteiger partial charge in [0.25, 0.3) is 0 Å². The molecule has 1 N–H and O–H groups in total. The Labute approximate surface area is 92.5 Å². The van der Waals surface area contributed by atoms with Gasteiger partial charge in [-0.15, -0.1) is 0 Å². The summed E-state index contributed by atoms with van der Waals surface area (Å²) in [4.78, 5) is 5.27. The molecule has 0 atom stereocenters. The molecule has 1 rings (SSSR count). The number of nitrogens with one attached hydrogen (secondary N) is 1. The molecule has 6 heteroatoms. The van der Waals surface area contributed by atoms with Crippen LogP contribution in [0.1, 0.15) is 6.42 Å². The number of anilines is 2. The summed E-state index contributed by atoms with van der Waals surface area (Å²) < 4.78 is 26.5. The second-order valence-corrected chi connectivity index (χ2v) is 3.20. The second-order valence-electron chi connectivity index (χ2n) is 3.20. The van der Waals surface area contributed by atoms with Crippen LogP contribution in [0.25, 0.3) is 0 Å². The van der Waals surface area contributed by atoms with E-state index in [1.807, 2.05) is 6.07 Å². The zero-order valence-electron chi connectivity index (χ0n) is 9.09. The third kappa shape index (κ3) is 2.57. The Hall–Kier alpha value is -1.90. The molecule has 4 nitrogen and oxygen atoms in total. The molecule has 0 bridgehead atoms. The molecule has 0 aliphatic heterocycles. The van der Waals surface area contributed by atoms with Crippen molar-refractivity contribution < 1.29 is 8.78 Å². The molecule has 0 fully saturated rings. The zero-order valence-corrected chi connectivity index (χ0v) is 9.09. The van der Waals surface area contributed by atoms with E-state index in [-0.39, 0.29) is 18.1 Å². The summed E-state index contributed by atoms with van der Waals surface area (Å²) in [6.45, 7) is 0.342. The first-order valence-corrected chi connectivity index (χ1v) is 4.72. The highest BCUT2D eigenvalue weighted by Gasteiger charge is 2.14. The molecule has 0 unspecified atom stereocenters. The van der Waals surface area contributed by atoms with E-state index < -0.39 is 11.6 Å². The number of pyridine rings is 1. The van der Waals surface area contributed by atoms with Crippen LogP contribution >= 0.6 is 0 Å². The fraction of sp³-hybridized carbons (Fsp3) is 0.400. The van der Waals surface area contributed by atoms with Gasteiger partial charge in [0, 0.05) is 26.7 Å². The van der Waals surface area contributed by atoms with Crippen molar-refractivity contribution in [3.8, 4) is 6.07 Å². The minimum absolute atomic E-state index is 0.0137. The second kappa shape index (κ2) is 5.26. The lowest BCUT2D eigenvalue weighted by atomic mass is 10.3. The average Bonchev–Trinajstić information content (AvgIpc) is 2.26.